The van der Waals surface area contributed by atoms with Crippen LogP contribution in [0, 0.1) is 0 Å². The first kappa shape index (κ1) is 24.0. The van der Waals surface area contributed by atoms with Crippen LogP contribution < -0.4 is 0 Å². The molecule has 5 rings (SSSR count). The minimum Gasteiger partial charge on any atom is -0.454 e. The molecule has 0 unspecified atom stereocenters. The molecule has 0 aliphatic carbocycles. The molecule has 10 heteroatoms. The van der Waals surface area contributed by atoms with Gasteiger partial charge in [0.2, 0.25) is 10.0 Å². The van der Waals surface area contributed by atoms with Crippen LogP contribution in [0.2, 0.25) is 5.02 Å². The van der Waals surface area contributed by atoms with E-state index in [0.717, 1.165) is 35.1 Å². The van der Waals surface area contributed by atoms with Crippen molar-refractivity contribution in [3.05, 3.63) is 64.6 Å². The third-order valence-electron chi connectivity index (χ3n) is 6.22. The smallest absolute Gasteiger partial charge is 0.289 e. The molecule has 33 heavy (non-hydrogen) atoms. The van der Waals surface area contributed by atoms with E-state index in [-0.39, 0.29) is 36.3 Å². The number of furan rings is 1. The molecule has 0 radical (unpaired) electrons. The fourth-order valence-electron chi connectivity index (χ4n) is 4.34. The summed E-state index contributed by atoms with van der Waals surface area (Å²) >= 11 is 6.02. The lowest BCUT2D eigenvalue weighted by atomic mass is 10.1. The van der Waals surface area contributed by atoms with Gasteiger partial charge in [0, 0.05) is 37.7 Å². The van der Waals surface area contributed by atoms with Crippen LogP contribution in [0.3, 0.4) is 0 Å². The fraction of sp³-hybridized carbons (Fsp3) is 0.348. The number of hydrogen-bond acceptors (Lipinski definition) is 5. The number of rotatable bonds is 3. The van der Waals surface area contributed by atoms with Crippen LogP contribution in [-0.2, 0) is 23.0 Å². The molecule has 0 atom stereocenters. The SMILES string of the molecule is CN1CCc2cc(C(=O)N3CCN(S(=O)(=O)c4ccc5cc(Cl)ccc5c4)CC3)oc2C1.Cl. The summed E-state index contributed by atoms with van der Waals surface area (Å²) in [6.07, 6.45) is 0.868. The molecule has 0 bridgehead atoms. The molecule has 2 aliphatic rings. The van der Waals surface area contributed by atoms with E-state index in [9.17, 15) is 13.2 Å². The Kier molecular flexibility index (Phi) is 6.75. The molecule has 2 aromatic carbocycles. The van der Waals surface area contributed by atoms with E-state index in [1.807, 2.05) is 25.2 Å². The summed E-state index contributed by atoms with van der Waals surface area (Å²) in [5, 5.41) is 2.31. The number of amides is 1. The predicted molar refractivity (Wildman–Crippen MR) is 130 cm³/mol. The minimum atomic E-state index is -3.65. The molecule has 0 N–H and O–H groups in total. The van der Waals surface area contributed by atoms with Crippen molar-refractivity contribution >= 4 is 50.7 Å². The maximum absolute atomic E-state index is 13.2. The minimum absolute atomic E-state index is 0. The number of halogens is 2. The van der Waals surface area contributed by atoms with Gasteiger partial charge < -0.3 is 9.32 Å². The number of carbonyl (C=O) groups is 1. The zero-order valence-electron chi connectivity index (χ0n) is 18.2. The number of fused-ring (bicyclic) bond motifs is 2. The van der Waals surface area contributed by atoms with Crippen molar-refractivity contribution in [1.82, 2.24) is 14.1 Å². The molecule has 0 saturated carbocycles. The highest BCUT2D eigenvalue weighted by molar-refractivity contribution is 7.89. The number of likely N-dealkylation sites (N-methyl/N-ethyl adjacent to an activating group) is 1. The van der Waals surface area contributed by atoms with Crippen molar-refractivity contribution in [2.45, 2.75) is 17.9 Å². The molecule has 3 aromatic rings. The molecule has 1 fully saturated rings. The number of hydrogen-bond donors (Lipinski definition) is 0. The van der Waals surface area contributed by atoms with E-state index >= 15 is 0 Å². The Hall–Kier alpha value is -2.10. The van der Waals surface area contributed by atoms with E-state index in [1.54, 1.807) is 29.2 Å². The summed E-state index contributed by atoms with van der Waals surface area (Å²) in [7, 11) is -1.63. The van der Waals surface area contributed by atoms with Gasteiger partial charge in [0.05, 0.1) is 11.4 Å². The highest BCUT2D eigenvalue weighted by atomic mass is 35.5. The van der Waals surface area contributed by atoms with Crippen molar-refractivity contribution in [3.63, 3.8) is 0 Å². The first-order valence-corrected chi connectivity index (χ1v) is 12.4. The van der Waals surface area contributed by atoms with Crippen LogP contribution in [-0.4, -0.2) is 68.2 Å². The molecule has 1 saturated heterocycles. The van der Waals surface area contributed by atoms with Gasteiger partial charge in [0.1, 0.15) is 5.76 Å². The van der Waals surface area contributed by atoms with E-state index in [4.69, 9.17) is 16.0 Å². The van der Waals surface area contributed by atoms with Crippen LogP contribution in [0.5, 0.6) is 0 Å². The lowest BCUT2D eigenvalue weighted by molar-refractivity contribution is 0.0662. The van der Waals surface area contributed by atoms with Gasteiger partial charge in [-0.3, -0.25) is 9.69 Å². The number of sulfonamides is 1. The highest BCUT2D eigenvalue weighted by Crippen LogP contribution is 2.26. The van der Waals surface area contributed by atoms with Crippen molar-refractivity contribution in [2.75, 3.05) is 39.8 Å². The topological polar surface area (TPSA) is 74.1 Å². The summed E-state index contributed by atoms with van der Waals surface area (Å²) in [4.78, 5) is 17.0. The number of nitrogens with zero attached hydrogens (tertiary/aromatic N) is 3. The Morgan fingerprint density at radius 1 is 0.970 bits per heavy atom. The van der Waals surface area contributed by atoms with Gasteiger partial charge in [0.15, 0.2) is 5.76 Å². The summed E-state index contributed by atoms with van der Waals surface area (Å²) in [6.45, 7) is 2.79. The summed E-state index contributed by atoms with van der Waals surface area (Å²) in [6, 6.07) is 12.3. The second kappa shape index (κ2) is 9.27. The molecule has 7 nitrogen and oxygen atoms in total. The Bertz CT molecular complexity index is 1300. The molecular weight excluding hydrogens is 485 g/mol. The second-order valence-corrected chi connectivity index (χ2v) is 10.8. The highest BCUT2D eigenvalue weighted by Gasteiger charge is 2.32. The maximum Gasteiger partial charge on any atom is 0.289 e. The van der Waals surface area contributed by atoms with Gasteiger partial charge in [-0.1, -0.05) is 23.7 Å². The third-order valence-corrected chi connectivity index (χ3v) is 8.35. The van der Waals surface area contributed by atoms with Gasteiger partial charge in [-0.25, -0.2) is 8.42 Å². The summed E-state index contributed by atoms with van der Waals surface area (Å²) in [5.74, 6) is 1.01. The van der Waals surface area contributed by atoms with Gasteiger partial charge in [-0.05, 0) is 60.1 Å². The van der Waals surface area contributed by atoms with Gasteiger partial charge in [0.25, 0.3) is 5.91 Å². The second-order valence-electron chi connectivity index (χ2n) is 8.40. The number of benzene rings is 2. The summed E-state index contributed by atoms with van der Waals surface area (Å²) < 4.78 is 33.6. The van der Waals surface area contributed by atoms with Gasteiger partial charge in [-0.2, -0.15) is 4.31 Å². The summed E-state index contributed by atoms with van der Waals surface area (Å²) in [5.41, 5.74) is 1.09. The normalized spacial score (nSPS) is 17.6. The Labute approximate surface area is 204 Å². The Morgan fingerprint density at radius 3 is 2.42 bits per heavy atom. The molecular formula is C23H25Cl2N3O4S. The van der Waals surface area contributed by atoms with Crippen molar-refractivity contribution < 1.29 is 17.6 Å². The van der Waals surface area contributed by atoms with Crippen molar-refractivity contribution in [2.24, 2.45) is 0 Å². The molecule has 1 amide bonds. The molecule has 0 spiro atoms. The Balaban J connectivity index is 0.00000259. The van der Waals surface area contributed by atoms with Crippen LogP contribution in [0.15, 0.2) is 51.8 Å². The monoisotopic (exact) mass is 509 g/mol. The van der Waals surface area contributed by atoms with Crippen LogP contribution in [0.4, 0.5) is 0 Å². The Morgan fingerprint density at radius 2 is 1.67 bits per heavy atom. The van der Waals surface area contributed by atoms with Crippen LogP contribution in [0.25, 0.3) is 10.8 Å². The van der Waals surface area contributed by atoms with Crippen molar-refractivity contribution in [1.29, 1.82) is 0 Å². The van der Waals surface area contributed by atoms with Crippen LogP contribution >= 0.6 is 24.0 Å². The quantitative estimate of drug-likeness (QED) is 0.538. The molecule has 3 heterocycles. The maximum atomic E-state index is 13.2. The van der Waals surface area contributed by atoms with E-state index in [2.05, 4.69) is 4.90 Å². The van der Waals surface area contributed by atoms with Gasteiger partial charge in [-0.15, -0.1) is 12.4 Å². The predicted octanol–water partition coefficient (Wildman–Crippen LogP) is 3.64. The standard InChI is InChI=1S/C23H24ClN3O4S.ClH/c1-25-7-6-18-14-21(31-22(18)15-25)23(28)26-8-10-27(11-9-26)32(29,30)20-5-3-16-12-19(24)4-2-17(16)13-20;/h2-5,12-14H,6-11,15H2,1H3;1H. The van der Waals surface area contributed by atoms with Crippen molar-refractivity contribution in [3.8, 4) is 0 Å². The zero-order chi connectivity index (χ0) is 22.5. The van der Waals surface area contributed by atoms with E-state index in [0.29, 0.717) is 30.4 Å². The molecule has 1 aromatic heterocycles. The molecule has 2 aliphatic heterocycles. The average Bonchev–Trinajstić information content (AvgIpc) is 3.21. The fourth-order valence-corrected chi connectivity index (χ4v) is 5.98. The largest absolute Gasteiger partial charge is 0.454 e. The average molecular weight is 510 g/mol. The first-order valence-electron chi connectivity index (χ1n) is 10.6. The number of piperazine rings is 1. The lowest BCUT2D eigenvalue weighted by Gasteiger charge is -2.33. The van der Waals surface area contributed by atoms with E-state index in [1.165, 1.54) is 4.31 Å². The first-order chi connectivity index (χ1) is 15.3. The van der Waals surface area contributed by atoms with Gasteiger partial charge >= 0.3 is 0 Å². The zero-order valence-corrected chi connectivity index (χ0v) is 20.5. The number of carbonyl (C=O) groups excluding carboxylic acids is 1. The van der Waals surface area contributed by atoms with Crippen LogP contribution in [0.1, 0.15) is 21.9 Å². The lowest BCUT2D eigenvalue weighted by Crippen LogP contribution is -2.50. The molecule has 176 valence electrons. The van der Waals surface area contributed by atoms with E-state index < -0.39 is 10.0 Å². The third kappa shape index (κ3) is 4.63.